The van der Waals surface area contributed by atoms with E-state index in [9.17, 15) is 0 Å². The number of hydrogen-bond donors (Lipinski definition) is 0. The summed E-state index contributed by atoms with van der Waals surface area (Å²) in [6.45, 7) is 9.56. The highest BCUT2D eigenvalue weighted by Gasteiger charge is 2.13. The Kier molecular flexibility index (Phi) is 4.66. The van der Waals surface area contributed by atoms with E-state index in [2.05, 4.69) is 73.2 Å². The van der Waals surface area contributed by atoms with Crippen molar-refractivity contribution in [3.63, 3.8) is 0 Å². The minimum Gasteiger partial charge on any atom is -0.264 e. The van der Waals surface area contributed by atoms with Gasteiger partial charge in [-0.2, -0.15) is 5.10 Å². The van der Waals surface area contributed by atoms with E-state index in [1.807, 2.05) is 0 Å². The quantitative estimate of drug-likeness (QED) is 0.737. The van der Waals surface area contributed by atoms with Crippen LogP contribution in [0.5, 0.6) is 0 Å². The average Bonchev–Trinajstić information content (AvgIpc) is 2.63. The smallest absolute Gasteiger partial charge is 0.0758 e. The molecule has 0 saturated carbocycles. The maximum Gasteiger partial charge on any atom is 0.0758 e. The van der Waals surface area contributed by atoms with Gasteiger partial charge in [0.2, 0.25) is 0 Å². The third kappa shape index (κ3) is 3.19. The zero-order valence-electron chi connectivity index (χ0n) is 12.1. The van der Waals surface area contributed by atoms with E-state index in [-0.39, 0.29) is 0 Å². The molecular formula is C16H21IN2. The number of hydrogen-bond acceptors (Lipinski definition) is 1. The Bertz CT molecular complexity index is 564. The topological polar surface area (TPSA) is 17.8 Å². The molecule has 2 aromatic rings. The first-order valence-corrected chi connectivity index (χ1v) is 7.94. The van der Waals surface area contributed by atoms with Gasteiger partial charge in [0.05, 0.1) is 21.5 Å². The van der Waals surface area contributed by atoms with Gasteiger partial charge in [0, 0.05) is 0 Å². The monoisotopic (exact) mass is 368 g/mol. The first-order valence-electron chi connectivity index (χ1n) is 6.86. The summed E-state index contributed by atoms with van der Waals surface area (Å²) < 4.78 is 3.52. The van der Waals surface area contributed by atoms with Crippen LogP contribution in [-0.4, -0.2) is 9.78 Å². The van der Waals surface area contributed by atoms with Crippen molar-refractivity contribution >= 4 is 22.6 Å². The van der Waals surface area contributed by atoms with Crippen molar-refractivity contribution in [1.82, 2.24) is 9.78 Å². The van der Waals surface area contributed by atoms with Gasteiger partial charge < -0.3 is 0 Å². The molecule has 0 aliphatic heterocycles. The van der Waals surface area contributed by atoms with Crippen molar-refractivity contribution < 1.29 is 0 Å². The standard InChI is InChI=1S/C16H21IN2/c1-5-14-16(17)15(6-2)19(18-14)10-13-8-11(3)7-12(4)9-13/h7-9H,5-6,10H2,1-4H3. The number of rotatable bonds is 4. The molecule has 0 radical (unpaired) electrons. The summed E-state index contributed by atoms with van der Waals surface area (Å²) in [5.74, 6) is 0. The first-order chi connectivity index (χ1) is 9.05. The Balaban J connectivity index is 2.37. The highest BCUT2D eigenvalue weighted by molar-refractivity contribution is 14.1. The largest absolute Gasteiger partial charge is 0.264 e. The minimum atomic E-state index is 0.877. The van der Waals surface area contributed by atoms with Crippen LogP contribution in [0, 0.1) is 17.4 Å². The van der Waals surface area contributed by atoms with Gasteiger partial charge in [-0.1, -0.05) is 43.2 Å². The summed E-state index contributed by atoms with van der Waals surface area (Å²) in [6, 6.07) is 6.73. The first kappa shape index (κ1) is 14.6. The van der Waals surface area contributed by atoms with Crippen LogP contribution < -0.4 is 0 Å². The molecule has 2 nitrogen and oxygen atoms in total. The second-order valence-electron chi connectivity index (χ2n) is 5.07. The summed E-state index contributed by atoms with van der Waals surface area (Å²) in [7, 11) is 0. The second kappa shape index (κ2) is 6.07. The van der Waals surface area contributed by atoms with Gasteiger partial charge in [0.15, 0.2) is 0 Å². The van der Waals surface area contributed by atoms with E-state index >= 15 is 0 Å². The summed E-state index contributed by atoms with van der Waals surface area (Å²) in [4.78, 5) is 0. The van der Waals surface area contributed by atoms with Crippen LogP contribution in [0.2, 0.25) is 0 Å². The molecule has 0 atom stereocenters. The molecule has 19 heavy (non-hydrogen) atoms. The number of aryl methyl sites for hydroxylation is 3. The van der Waals surface area contributed by atoms with Gasteiger partial charge in [-0.05, 0) is 54.8 Å². The Morgan fingerprint density at radius 1 is 1.05 bits per heavy atom. The Hall–Kier alpha value is -0.840. The molecule has 1 aromatic heterocycles. The van der Waals surface area contributed by atoms with Crippen LogP contribution in [0.25, 0.3) is 0 Å². The molecule has 0 bridgehead atoms. The fourth-order valence-corrected chi connectivity index (χ4v) is 3.71. The normalized spacial score (nSPS) is 11.0. The summed E-state index contributed by atoms with van der Waals surface area (Å²) >= 11 is 2.43. The molecule has 0 aliphatic carbocycles. The highest BCUT2D eigenvalue weighted by Crippen LogP contribution is 2.20. The molecule has 0 unspecified atom stereocenters. The van der Waals surface area contributed by atoms with E-state index in [0.717, 1.165) is 19.4 Å². The zero-order chi connectivity index (χ0) is 14.0. The molecule has 1 heterocycles. The number of aromatic nitrogens is 2. The third-order valence-corrected chi connectivity index (χ3v) is 4.59. The van der Waals surface area contributed by atoms with Crippen LogP contribution in [0.4, 0.5) is 0 Å². The SMILES string of the molecule is CCc1nn(Cc2cc(C)cc(C)c2)c(CC)c1I. The van der Waals surface area contributed by atoms with Crippen LogP contribution in [0.1, 0.15) is 41.9 Å². The van der Waals surface area contributed by atoms with Crippen molar-refractivity contribution in [2.45, 2.75) is 47.1 Å². The van der Waals surface area contributed by atoms with Gasteiger partial charge in [-0.3, -0.25) is 4.68 Å². The van der Waals surface area contributed by atoms with Gasteiger partial charge in [-0.15, -0.1) is 0 Å². The van der Waals surface area contributed by atoms with Crippen molar-refractivity contribution in [3.8, 4) is 0 Å². The Morgan fingerprint density at radius 2 is 1.68 bits per heavy atom. The molecule has 0 amide bonds. The van der Waals surface area contributed by atoms with Gasteiger partial charge in [-0.25, -0.2) is 0 Å². The fourth-order valence-electron chi connectivity index (χ4n) is 2.56. The average molecular weight is 368 g/mol. The number of halogens is 1. The van der Waals surface area contributed by atoms with Gasteiger partial charge >= 0.3 is 0 Å². The van der Waals surface area contributed by atoms with E-state index in [0.29, 0.717) is 0 Å². The zero-order valence-corrected chi connectivity index (χ0v) is 14.3. The predicted octanol–water partition coefficient (Wildman–Crippen LogP) is 4.28. The minimum absolute atomic E-state index is 0.877. The van der Waals surface area contributed by atoms with Crippen LogP contribution in [0.15, 0.2) is 18.2 Å². The molecule has 0 saturated heterocycles. The number of nitrogens with zero attached hydrogens (tertiary/aromatic N) is 2. The Morgan fingerprint density at radius 3 is 2.21 bits per heavy atom. The molecule has 1 aromatic carbocycles. The maximum atomic E-state index is 4.76. The third-order valence-electron chi connectivity index (χ3n) is 3.34. The molecule has 0 spiro atoms. The van der Waals surface area contributed by atoms with E-state index in [4.69, 9.17) is 5.10 Å². The maximum absolute atomic E-state index is 4.76. The predicted molar refractivity (Wildman–Crippen MR) is 88.7 cm³/mol. The molecule has 0 aliphatic rings. The number of benzene rings is 1. The lowest BCUT2D eigenvalue weighted by Crippen LogP contribution is -2.06. The van der Waals surface area contributed by atoms with Gasteiger partial charge in [0.25, 0.3) is 0 Å². The lowest BCUT2D eigenvalue weighted by Gasteiger charge is -2.08. The summed E-state index contributed by atoms with van der Waals surface area (Å²) in [5.41, 5.74) is 6.57. The second-order valence-corrected chi connectivity index (χ2v) is 6.15. The van der Waals surface area contributed by atoms with E-state index in [1.165, 1.54) is 31.6 Å². The lowest BCUT2D eigenvalue weighted by molar-refractivity contribution is 0.639. The Labute approximate surface area is 129 Å². The van der Waals surface area contributed by atoms with Crippen LogP contribution >= 0.6 is 22.6 Å². The van der Waals surface area contributed by atoms with Crippen molar-refractivity contribution in [3.05, 3.63) is 49.8 Å². The molecule has 0 N–H and O–H groups in total. The van der Waals surface area contributed by atoms with E-state index in [1.54, 1.807) is 0 Å². The molecule has 3 heteroatoms. The van der Waals surface area contributed by atoms with E-state index < -0.39 is 0 Å². The molecule has 102 valence electrons. The van der Waals surface area contributed by atoms with Crippen molar-refractivity contribution in [2.75, 3.05) is 0 Å². The lowest BCUT2D eigenvalue weighted by atomic mass is 10.1. The summed E-state index contributed by atoms with van der Waals surface area (Å²) in [6.07, 6.45) is 2.04. The van der Waals surface area contributed by atoms with Crippen molar-refractivity contribution in [1.29, 1.82) is 0 Å². The molecule has 0 fully saturated rings. The summed E-state index contributed by atoms with van der Waals surface area (Å²) in [5, 5.41) is 4.76. The van der Waals surface area contributed by atoms with Gasteiger partial charge in [0.1, 0.15) is 0 Å². The molecular weight excluding hydrogens is 347 g/mol. The molecule has 2 rings (SSSR count). The van der Waals surface area contributed by atoms with Crippen LogP contribution in [0.3, 0.4) is 0 Å². The highest BCUT2D eigenvalue weighted by atomic mass is 127. The fraction of sp³-hybridized carbons (Fsp3) is 0.438. The van der Waals surface area contributed by atoms with Crippen molar-refractivity contribution in [2.24, 2.45) is 0 Å². The van der Waals surface area contributed by atoms with Crippen LogP contribution in [-0.2, 0) is 19.4 Å².